The maximum absolute atomic E-state index is 10.9. The molecule has 1 fully saturated rings. The fourth-order valence-electron chi connectivity index (χ4n) is 1.84. The number of nitrogen functional groups attached to an aromatic ring is 1. The lowest BCUT2D eigenvalue weighted by Gasteiger charge is -2.32. The largest absolute Gasteiger partial charge is 0.477 e. The number of carbonyl (C=O) groups is 1. The highest BCUT2D eigenvalue weighted by Crippen LogP contribution is 2.22. The van der Waals surface area contributed by atoms with Crippen LogP contribution in [-0.2, 0) is 4.74 Å². The van der Waals surface area contributed by atoms with E-state index in [2.05, 4.69) is 4.98 Å². The molecule has 1 aliphatic heterocycles. The van der Waals surface area contributed by atoms with Gasteiger partial charge in [-0.3, -0.25) is 0 Å². The number of aromatic carboxylic acids is 1. The van der Waals surface area contributed by atoms with Crippen LogP contribution in [0.2, 0.25) is 0 Å². The average molecular weight is 237 g/mol. The van der Waals surface area contributed by atoms with Crippen molar-refractivity contribution in [2.75, 3.05) is 30.3 Å². The van der Waals surface area contributed by atoms with E-state index in [9.17, 15) is 4.79 Å². The summed E-state index contributed by atoms with van der Waals surface area (Å²) in [5, 5.41) is 8.90. The molecule has 1 unspecified atom stereocenters. The number of pyridine rings is 1. The molecular formula is C11H15N3O3. The Balaban J connectivity index is 2.29. The minimum Gasteiger partial charge on any atom is -0.477 e. The van der Waals surface area contributed by atoms with Gasteiger partial charge in [0.2, 0.25) is 0 Å². The highest BCUT2D eigenvalue weighted by Gasteiger charge is 2.21. The zero-order valence-corrected chi connectivity index (χ0v) is 9.59. The van der Waals surface area contributed by atoms with Gasteiger partial charge in [0.05, 0.1) is 18.4 Å². The van der Waals surface area contributed by atoms with Crippen LogP contribution < -0.4 is 10.6 Å². The summed E-state index contributed by atoms with van der Waals surface area (Å²) >= 11 is 0. The monoisotopic (exact) mass is 237 g/mol. The normalized spacial score (nSPS) is 20.3. The van der Waals surface area contributed by atoms with Crippen molar-refractivity contribution >= 4 is 17.5 Å². The van der Waals surface area contributed by atoms with Crippen molar-refractivity contribution < 1.29 is 14.6 Å². The minimum absolute atomic E-state index is 0.00773. The Morgan fingerprint density at radius 3 is 3.06 bits per heavy atom. The van der Waals surface area contributed by atoms with Gasteiger partial charge in [0.15, 0.2) is 11.5 Å². The van der Waals surface area contributed by atoms with Crippen molar-refractivity contribution in [2.24, 2.45) is 0 Å². The van der Waals surface area contributed by atoms with Crippen LogP contribution in [0.4, 0.5) is 11.5 Å². The van der Waals surface area contributed by atoms with E-state index in [1.165, 1.54) is 6.07 Å². The second kappa shape index (κ2) is 4.58. The maximum Gasteiger partial charge on any atom is 0.354 e. The van der Waals surface area contributed by atoms with Gasteiger partial charge in [0, 0.05) is 13.1 Å². The molecule has 6 heteroatoms. The van der Waals surface area contributed by atoms with Gasteiger partial charge in [-0.1, -0.05) is 0 Å². The van der Waals surface area contributed by atoms with E-state index in [0.717, 1.165) is 0 Å². The number of ether oxygens (including phenoxy) is 1. The summed E-state index contributed by atoms with van der Waals surface area (Å²) < 4.78 is 5.42. The Kier molecular flexibility index (Phi) is 3.14. The third-order valence-corrected chi connectivity index (χ3v) is 2.67. The zero-order chi connectivity index (χ0) is 12.4. The average Bonchev–Trinajstić information content (AvgIpc) is 2.29. The standard InChI is InChI=1S/C11H15N3O3/c1-7-6-14(4-5-17-7)10-8(12)2-3-9(13-10)11(15)16/h2-3,7H,4-6,12H2,1H3,(H,15,16). The number of carboxylic acid groups (broad SMARTS) is 1. The van der Waals surface area contributed by atoms with Gasteiger partial charge in [-0.25, -0.2) is 9.78 Å². The molecule has 0 radical (unpaired) electrons. The molecule has 1 aliphatic rings. The van der Waals surface area contributed by atoms with Gasteiger partial charge in [-0.15, -0.1) is 0 Å². The second-order valence-electron chi connectivity index (χ2n) is 4.04. The Bertz CT molecular complexity index is 436. The van der Waals surface area contributed by atoms with Crippen molar-refractivity contribution in [1.82, 2.24) is 4.98 Å². The summed E-state index contributed by atoms with van der Waals surface area (Å²) in [5.41, 5.74) is 6.33. The summed E-state index contributed by atoms with van der Waals surface area (Å²) in [4.78, 5) is 16.9. The number of carboxylic acids is 1. The van der Waals surface area contributed by atoms with E-state index in [-0.39, 0.29) is 11.8 Å². The van der Waals surface area contributed by atoms with Gasteiger partial charge >= 0.3 is 5.97 Å². The molecule has 1 aromatic heterocycles. The summed E-state index contributed by atoms with van der Waals surface area (Å²) in [6.45, 7) is 3.90. The predicted molar refractivity (Wildman–Crippen MR) is 63.2 cm³/mol. The molecule has 2 rings (SSSR count). The van der Waals surface area contributed by atoms with E-state index in [1.807, 2.05) is 11.8 Å². The molecule has 0 aromatic carbocycles. The summed E-state index contributed by atoms with van der Waals surface area (Å²) in [6.07, 6.45) is 0.0958. The molecule has 17 heavy (non-hydrogen) atoms. The molecule has 1 aromatic rings. The smallest absolute Gasteiger partial charge is 0.354 e. The molecule has 0 saturated carbocycles. The molecule has 2 heterocycles. The molecule has 0 spiro atoms. The minimum atomic E-state index is -1.05. The van der Waals surface area contributed by atoms with Crippen LogP contribution in [0, 0.1) is 0 Å². The number of hydrogen-bond acceptors (Lipinski definition) is 5. The molecule has 1 saturated heterocycles. The van der Waals surface area contributed by atoms with Crippen molar-refractivity contribution in [2.45, 2.75) is 13.0 Å². The van der Waals surface area contributed by atoms with Crippen LogP contribution in [-0.4, -0.2) is 41.9 Å². The zero-order valence-electron chi connectivity index (χ0n) is 9.59. The van der Waals surface area contributed by atoms with Crippen LogP contribution in [0.5, 0.6) is 0 Å². The van der Waals surface area contributed by atoms with Gasteiger partial charge in [-0.05, 0) is 19.1 Å². The van der Waals surface area contributed by atoms with Gasteiger partial charge in [-0.2, -0.15) is 0 Å². The molecular weight excluding hydrogens is 222 g/mol. The maximum atomic E-state index is 10.9. The lowest BCUT2D eigenvalue weighted by atomic mass is 10.2. The van der Waals surface area contributed by atoms with Crippen LogP contribution in [0.15, 0.2) is 12.1 Å². The summed E-state index contributed by atoms with van der Waals surface area (Å²) in [6, 6.07) is 2.98. The fourth-order valence-corrected chi connectivity index (χ4v) is 1.84. The van der Waals surface area contributed by atoms with Crippen LogP contribution >= 0.6 is 0 Å². The van der Waals surface area contributed by atoms with E-state index in [1.54, 1.807) is 6.07 Å². The summed E-state index contributed by atoms with van der Waals surface area (Å²) in [5.74, 6) is -0.521. The van der Waals surface area contributed by atoms with Gasteiger partial charge < -0.3 is 20.5 Å². The van der Waals surface area contributed by atoms with Crippen molar-refractivity contribution in [1.29, 1.82) is 0 Å². The fraction of sp³-hybridized carbons (Fsp3) is 0.455. The van der Waals surface area contributed by atoms with E-state index in [0.29, 0.717) is 31.2 Å². The molecule has 6 nitrogen and oxygen atoms in total. The molecule has 3 N–H and O–H groups in total. The quantitative estimate of drug-likeness (QED) is 0.782. The first kappa shape index (κ1) is 11.7. The number of nitrogens with two attached hydrogens (primary N) is 1. The number of anilines is 2. The highest BCUT2D eigenvalue weighted by molar-refractivity contribution is 5.87. The molecule has 0 aliphatic carbocycles. The van der Waals surface area contributed by atoms with Gasteiger partial charge in [0.25, 0.3) is 0 Å². The number of hydrogen-bond donors (Lipinski definition) is 2. The molecule has 1 atom stereocenters. The molecule has 0 bridgehead atoms. The third-order valence-electron chi connectivity index (χ3n) is 2.67. The third kappa shape index (κ3) is 2.47. The van der Waals surface area contributed by atoms with Crippen LogP contribution in [0.3, 0.4) is 0 Å². The Morgan fingerprint density at radius 1 is 1.65 bits per heavy atom. The topological polar surface area (TPSA) is 88.7 Å². The first-order chi connectivity index (χ1) is 8.08. The van der Waals surface area contributed by atoms with Crippen molar-refractivity contribution in [3.8, 4) is 0 Å². The summed E-state index contributed by atoms with van der Waals surface area (Å²) in [7, 11) is 0. The van der Waals surface area contributed by atoms with E-state index >= 15 is 0 Å². The van der Waals surface area contributed by atoms with Gasteiger partial charge in [0.1, 0.15) is 0 Å². The highest BCUT2D eigenvalue weighted by atomic mass is 16.5. The van der Waals surface area contributed by atoms with Crippen molar-refractivity contribution in [3.63, 3.8) is 0 Å². The van der Waals surface area contributed by atoms with E-state index in [4.69, 9.17) is 15.6 Å². The molecule has 92 valence electrons. The second-order valence-corrected chi connectivity index (χ2v) is 4.04. The number of nitrogens with zero attached hydrogens (tertiary/aromatic N) is 2. The predicted octanol–water partition coefficient (Wildman–Crippen LogP) is 0.587. The SMILES string of the molecule is CC1CN(c2nc(C(=O)O)ccc2N)CCO1. The number of morpholine rings is 1. The Morgan fingerprint density at radius 2 is 2.41 bits per heavy atom. The lowest BCUT2D eigenvalue weighted by molar-refractivity contribution is 0.0530. The van der Waals surface area contributed by atoms with Crippen LogP contribution in [0.25, 0.3) is 0 Å². The Labute approximate surface area is 99.0 Å². The number of aromatic nitrogens is 1. The molecule has 0 amide bonds. The van der Waals surface area contributed by atoms with Crippen LogP contribution in [0.1, 0.15) is 17.4 Å². The lowest BCUT2D eigenvalue weighted by Crippen LogP contribution is -2.42. The first-order valence-electron chi connectivity index (χ1n) is 5.44. The first-order valence-corrected chi connectivity index (χ1v) is 5.44. The number of rotatable bonds is 2. The van der Waals surface area contributed by atoms with E-state index < -0.39 is 5.97 Å². The van der Waals surface area contributed by atoms with Crippen molar-refractivity contribution in [3.05, 3.63) is 17.8 Å². The Hall–Kier alpha value is -1.82.